The van der Waals surface area contributed by atoms with E-state index in [1.165, 1.54) is 18.1 Å². The van der Waals surface area contributed by atoms with Crippen LogP contribution < -0.4 is 10.5 Å². The molecule has 0 aliphatic rings. The molecule has 8 heteroatoms. The first-order valence-corrected chi connectivity index (χ1v) is 6.29. The van der Waals surface area contributed by atoms with Gasteiger partial charge in [0.1, 0.15) is 23.4 Å². The Labute approximate surface area is 109 Å². The van der Waals surface area contributed by atoms with E-state index in [1.807, 2.05) is 14.0 Å². The quantitative estimate of drug-likeness (QED) is 0.811. The highest BCUT2D eigenvalue weighted by atomic mass is 32.2. The third kappa shape index (κ3) is 2.70. The minimum absolute atomic E-state index is 0.413. The lowest BCUT2D eigenvalue weighted by Gasteiger charge is -2.08. The number of aryl methyl sites for hydroxylation is 1. The summed E-state index contributed by atoms with van der Waals surface area (Å²) >= 11 is 1.33. The Balaban J connectivity index is 2.21. The maximum atomic E-state index is 5.96. The third-order valence-electron chi connectivity index (χ3n) is 2.11. The van der Waals surface area contributed by atoms with Crippen molar-refractivity contribution in [3.63, 3.8) is 0 Å². The van der Waals surface area contributed by atoms with Gasteiger partial charge >= 0.3 is 0 Å². The Bertz CT molecular complexity index is 529. The molecule has 0 unspecified atom stereocenters. The van der Waals surface area contributed by atoms with Gasteiger partial charge in [-0.3, -0.25) is 0 Å². The number of nitrogens with zero attached hydrogens (tertiary/aromatic N) is 5. The van der Waals surface area contributed by atoms with Gasteiger partial charge in [-0.1, -0.05) is 6.92 Å². The standard InChI is InChI=1S/C10H14N6OS/c1-3-4-17-8-7(11)9(13-5-12-8)18-10-15-14-6-16(10)2/h5-6H,3-4,11H2,1-2H3. The van der Waals surface area contributed by atoms with E-state index in [-0.39, 0.29) is 0 Å². The normalized spacial score (nSPS) is 10.6. The number of nitrogen functional groups attached to an aromatic ring is 1. The number of nitrogens with two attached hydrogens (primary N) is 1. The molecule has 0 radical (unpaired) electrons. The van der Waals surface area contributed by atoms with E-state index in [4.69, 9.17) is 10.5 Å². The van der Waals surface area contributed by atoms with Crippen molar-refractivity contribution in [3.8, 4) is 5.88 Å². The second-order valence-corrected chi connectivity index (χ2v) is 4.53. The lowest BCUT2D eigenvalue weighted by atomic mass is 10.5. The maximum absolute atomic E-state index is 5.96. The summed E-state index contributed by atoms with van der Waals surface area (Å²) in [5.74, 6) is 0.413. The zero-order chi connectivity index (χ0) is 13.0. The van der Waals surface area contributed by atoms with Gasteiger partial charge in [-0.05, 0) is 18.2 Å². The van der Waals surface area contributed by atoms with Crippen molar-refractivity contribution >= 4 is 17.4 Å². The number of anilines is 1. The Kier molecular flexibility index (Phi) is 3.98. The van der Waals surface area contributed by atoms with Gasteiger partial charge in [0.05, 0.1) is 6.61 Å². The van der Waals surface area contributed by atoms with Crippen molar-refractivity contribution < 1.29 is 4.74 Å². The summed E-state index contributed by atoms with van der Waals surface area (Å²) in [6.45, 7) is 2.60. The van der Waals surface area contributed by atoms with Crippen LogP contribution in [0.5, 0.6) is 5.88 Å². The van der Waals surface area contributed by atoms with E-state index in [1.54, 1.807) is 10.9 Å². The Morgan fingerprint density at radius 3 is 2.94 bits per heavy atom. The van der Waals surface area contributed by atoms with Gasteiger partial charge in [-0.15, -0.1) is 10.2 Å². The fraction of sp³-hybridized carbons (Fsp3) is 0.400. The summed E-state index contributed by atoms with van der Waals surface area (Å²) in [7, 11) is 1.86. The first-order valence-electron chi connectivity index (χ1n) is 5.47. The number of ether oxygens (including phenoxy) is 1. The fourth-order valence-corrected chi connectivity index (χ4v) is 1.96. The van der Waals surface area contributed by atoms with E-state index >= 15 is 0 Å². The first kappa shape index (κ1) is 12.6. The van der Waals surface area contributed by atoms with Gasteiger partial charge in [-0.2, -0.15) is 4.98 Å². The van der Waals surface area contributed by atoms with E-state index in [9.17, 15) is 0 Å². The highest BCUT2D eigenvalue weighted by Crippen LogP contribution is 2.32. The molecule has 0 aliphatic heterocycles. The lowest BCUT2D eigenvalue weighted by molar-refractivity contribution is 0.305. The molecule has 2 aromatic rings. The zero-order valence-corrected chi connectivity index (χ0v) is 11.0. The van der Waals surface area contributed by atoms with Crippen molar-refractivity contribution in [1.29, 1.82) is 0 Å². The van der Waals surface area contributed by atoms with E-state index in [0.29, 0.717) is 28.4 Å². The molecule has 0 aliphatic carbocycles. The predicted molar refractivity (Wildman–Crippen MR) is 67.4 cm³/mol. The van der Waals surface area contributed by atoms with Crippen LogP contribution in [-0.2, 0) is 7.05 Å². The topological polar surface area (TPSA) is 91.7 Å². The van der Waals surface area contributed by atoms with Crippen LogP contribution in [0.15, 0.2) is 22.8 Å². The first-order chi connectivity index (χ1) is 8.72. The monoisotopic (exact) mass is 266 g/mol. The zero-order valence-electron chi connectivity index (χ0n) is 10.2. The lowest BCUT2D eigenvalue weighted by Crippen LogP contribution is -2.04. The fourth-order valence-electron chi connectivity index (χ4n) is 1.21. The molecule has 7 nitrogen and oxygen atoms in total. The van der Waals surface area contributed by atoms with Crippen molar-refractivity contribution in [2.75, 3.05) is 12.3 Å². The highest BCUT2D eigenvalue weighted by Gasteiger charge is 2.13. The molecular weight excluding hydrogens is 252 g/mol. The summed E-state index contributed by atoms with van der Waals surface area (Å²) < 4.78 is 7.23. The summed E-state index contributed by atoms with van der Waals surface area (Å²) in [6, 6.07) is 0. The van der Waals surface area contributed by atoms with Crippen molar-refractivity contribution in [2.24, 2.45) is 7.05 Å². The third-order valence-corrected chi connectivity index (χ3v) is 3.18. The van der Waals surface area contributed by atoms with Crippen LogP contribution in [0.25, 0.3) is 0 Å². The predicted octanol–water partition coefficient (Wildman–Crippen LogP) is 1.13. The van der Waals surface area contributed by atoms with E-state index in [2.05, 4.69) is 20.2 Å². The number of rotatable bonds is 5. The summed E-state index contributed by atoms with van der Waals surface area (Å²) in [5, 5.41) is 9.09. The molecule has 0 atom stereocenters. The van der Waals surface area contributed by atoms with Crippen LogP contribution in [0, 0.1) is 0 Å². The minimum atomic E-state index is 0.413. The second-order valence-electron chi connectivity index (χ2n) is 3.57. The average molecular weight is 266 g/mol. The molecule has 0 bridgehead atoms. The maximum Gasteiger partial charge on any atom is 0.241 e. The number of hydrogen-bond donors (Lipinski definition) is 1. The number of hydrogen-bond acceptors (Lipinski definition) is 7. The highest BCUT2D eigenvalue weighted by molar-refractivity contribution is 7.99. The Hall–Kier alpha value is -1.83. The molecule has 0 spiro atoms. The second kappa shape index (κ2) is 5.67. The molecule has 96 valence electrons. The van der Waals surface area contributed by atoms with Crippen molar-refractivity contribution in [3.05, 3.63) is 12.7 Å². The molecule has 0 aromatic carbocycles. The Morgan fingerprint density at radius 1 is 1.44 bits per heavy atom. The van der Waals surface area contributed by atoms with E-state index < -0.39 is 0 Å². The van der Waals surface area contributed by atoms with Gasteiger partial charge < -0.3 is 15.0 Å². The van der Waals surface area contributed by atoms with Gasteiger partial charge in [-0.25, -0.2) is 4.98 Å². The minimum Gasteiger partial charge on any atom is -0.476 e. The molecule has 0 saturated heterocycles. The van der Waals surface area contributed by atoms with Crippen LogP contribution in [0.2, 0.25) is 0 Å². The van der Waals surface area contributed by atoms with Crippen LogP contribution >= 0.6 is 11.8 Å². The van der Waals surface area contributed by atoms with Gasteiger partial charge in [0.2, 0.25) is 5.88 Å². The average Bonchev–Trinajstić information content (AvgIpc) is 2.76. The van der Waals surface area contributed by atoms with Gasteiger partial charge in [0.25, 0.3) is 0 Å². The summed E-state index contributed by atoms with van der Waals surface area (Å²) in [6.07, 6.45) is 3.95. The van der Waals surface area contributed by atoms with Crippen LogP contribution in [0.3, 0.4) is 0 Å². The molecular formula is C10H14N6OS. The molecule has 0 saturated carbocycles. The summed E-state index contributed by atoms with van der Waals surface area (Å²) in [4.78, 5) is 8.14. The van der Waals surface area contributed by atoms with Crippen molar-refractivity contribution in [1.82, 2.24) is 24.7 Å². The van der Waals surface area contributed by atoms with Crippen LogP contribution in [0.4, 0.5) is 5.69 Å². The molecule has 18 heavy (non-hydrogen) atoms. The van der Waals surface area contributed by atoms with Crippen molar-refractivity contribution in [2.45, 2.75) is 23.5 Å². The smallest absolute Gasteiger partial charge is 0.241 e. The molecule has 0 fully saturated rings. The molecule has 2 aromatic heterocycles. The molecule has 2 heterocycles. The van der Waals surface area contributed by atoms with Gasteiger partial charge in [0, 0.05) is 7.05 Å². The molecule has 0 amide bonds. The molecule has 2 rings (SSSR count). The molecule has 2 N–H and O–H groups in total. The van der Waals surface area contributed by atoms with Gasteiger partial charge in [0.15, 0.2) is 5.16 Å². The Morgan fingerprint density at radius 2 is 2.28 bits per heavy atom. The largest absolute Gasteiger partial charge is 0.476 e. The number of aromatic nitrogens is 5. The van der Waals surface area contributed by atoms with E-state index in [0.717, 1.165) is 6.42 Å². The van der Waals surface area contributed by atoms with Crippen LogP contribution in [0.1, 0.15) is 13.3 Å². The summed E-state index contributed by atoms with van der Waals surface area (Å²) in [5.41, 5.74) is 6.39. The SMILES string of the molecule is CCCOc1ncnc(Sc2nncn2C)c1N. The van der Waals surface area contributed by atoms with Crippen LogP contribution in [-0.4, -0.2) is 31.3 Å².